The van der Waals surface area contributed by atoms with Gasteiger partial charge < -0.3 is 0 Å². The molecule has 0 bridgehead atoms. The Hall–Kier alpha value is -1.34. The SMILES string of the molecule is Cc1sc2c(ccc3ccccc32)c1C. The fourth-order valence-corrected chi connectivity index (χ4v) is 3.26. The van der Waals surface area contributed by atoms with Gasteiger partial charge in [-0.2, -0.15) is 0 Å². The van der Waals surface area contributed by atoms with Crippen LogP contribution in [0.1, 0.15) is 10.4 Å². The molecule has 0 aliphatic heterocycles. The van der Waals surface area contributed by atoms with Crippen molar-refractivity contribution >= 4 is 32.2 Å². The van der Waals surface area contributed by atoms with E-state index >= 15 is 0 Å². The molecule has 0 amide bonds. The molecule has 1 heteroatoms. The molecule has 0 aliphatic carbocycles. The normalized spacial score (nSPS) is 11.3. The van der Waals surface area contributed by atoms with Gasteiger partial charge in [0, 0.05) is 9.58 Å². The van der Waals surface area contributed by atoms with Crippen LogP contribution in [0.25, 0.3) is 20.9 Å². The van der Waals surface area contributed by atoms with E-state index in [9.17, 15) is 0 Å². The summed E-state index contributed by atoms with van der Waals surface area (Å²) < 4.78 is 1.43. The van der Waals surface area contributed by atoms with Gasteiger partial charge in [0.1, 0.15) is 0 Å². The summed E-state index contributed by atoms with van der Waals surface area (Å²) in [6, 6.07) is 13.1. The van der Waals surface area contributed by atoms with Crippen LogP contribution in [0.4, 0.5) is 0 Å². The van der Waals surface area contributed by atoms with E-state index in [2.05, 4.69) is 50.2 Å². The second-order valence-electron chi connectivity index (χ2n) is 3.95. The Bertz CT molecular complexity index is 647. The average molecular weight is 212 g/mol. The third-order valence-electron chi connectivity index (χ3n) is 3.07. The fraction of sp³-hybridized carbons (Fsp3) is 0.143. The quantitative estimate of drug-likeness (QED) is 0.508. The Morgan fingerprint density at radius 2 is 1.67 bits per heavy atom. The van der Waals surface area contributed by atoms with Crippen LogP contribution in [0.15, 0.2) is 36.4 Å². The summed E-state index contributed by atoms with van der Waals surface area (Å²) in [5, 5.41) is 4.14. The highest BCUT2D eigenvalue weighted by Crippen LogP contribution is 2.35. The van der Waals surface area contributed by atoms with Crippen LogP contribution >= 0.6 is 11.3 Å². The highest BCUT2D eigenvalue weighted by molar-refractivity contribution is 7.20. The molecule has 0 spiro atoms. The van der Waals surface area contributed by atoms with Crippen molar-refractivity contribution < 1.29 is 0 Å². The van der Waals surface area contributed by atoms with E-state index in [1.807, 2.05) is 11.3 Å². The van der Waals surface area contributed by atoms with Crippen molar-refractivity contribution in [3.8, 4) is 0 Å². The van der Waals surface area contributed by atoms with Crippen molar-refractivity contribution in [2.45, 2.75) is 13.8 Å². The van der Waals surface area contributed by atoms with Crippen LogP contribution in [0, 0.1) is 13.8 Å². The second kappa shape index (κ2) is 3.07. The molecular weight excluding hydrogens is 200 g/mol. The molecule has 3 rings (SSSR count). The molecule has 0 fully saturated rings. The van der Waals surface area contributed by atoms with E-state index < -0.39 is 0 Å². The molecule has 3 aromatic rings. The van der Waals surface area contributed by atoms with Gasteiger partial charge in [0.15, 0.2) is 0 Å². The van der Waals surface area contributed by atoms with Gasteiger partial charge >= 0.3 is 0 Å². The third kappa shape index (κ3) is 1.20. The monoisotopic (exact) mass is 212 g/mol. The van der Waals surface area contributed by atoms with Crippen molar-refractivity contribution in [2.24, 2.45) is 0 Å². The molecule has 0 unspecified atom stereocenters. The Morgan fingerprint density at radius 3 is 2.53 bits per heavy atom. The zero-order chi connectivity index (χ0) is 10.4. The zero-order valence-electron chi connectivity index (χ0n) is 8.87. The molecule has 0 saturated carbocycles. The van der Waals surface area contributed by atoms with Crippen molar-refractivity contribution in [3.63, 3.8) is 0 Å². The smallest absolute Gasteiger partial charge is 0.0426 e. The lowest BCUT2D eigenvalue weighted by atomic mass is 10.1. The first-order valence-corrected chi connectivity index (χ1v) is 5.96. The average Bonchev–Trinajstić information content (AvgIpc) is 2.56. The van der Waals surface area contributed by atoms with Gasteiger partial charge in [-0.3, -0.25) is 0 Å². The second-order valence-corrected chi connectivity index (χ2v) is 5.17. The summed E-state index contributed by atoms with van der Waals surface area (Å²) in [7, 11) is 0. The van der Waals surface area contributed by atoms with E-state index in [1.54, 1.807) is 0 Å². The van der Waals surface area contributed by atoms with Crippen LogP contribution in [0.3, 0.4) is 0 Å². The number of rotatable bonds is 0. The Labute approximate surface area is 93.2 Å². The predicted octanol–water partition coefficient (Wildman–Crippen LogP) is 4.67. The van der Waals surface area contributed by atoms with Gasteiger partial charge in [-0.05, 0) is 35.6 Å². The van der Waals surface area contributed by atoms with Crippen LogP contribution in [0.5, 0.6) is 0 Å². The molecule has 1 aromatic heterocycles. The summed E-state index contributed by atoms with van der Waals surface area (Å²) in [6.45, 7) is 4.41. The van der Waals surface area contributed by atoms with Gasteiger partial charge in [-0.25, -0.2) is 0 Å². The number of fused-ring (bicyclic) bond motifs is 3. The largest absolute Gasteiger partial charge is 0.140 e. The van der Waals surface area contributed by atoms with Crippen molar-refractivity contribution in [2.75, 3.05) is 0 Å². The molecule has 74 valence electrons. The molecule has 0 saturated heterocycles. The number of thiophene rings is 1. The Balaban J connectivity index is 2.60. The van der Waals surface area contributed by atoms with Crippen LogP contribution in [0.2, 0.25) is 0 Å². The lowest BCUT2D eigenvalue weighted by Gasteiger charge is -1.98. The Morgan fingerprint density at radius 1 is 0.867 bits per heavy atom. The molecule has 0 N–H and O–H groups in total. The highest BCUT2D eigenvalue weighted by Gasteiger charge is 2.07. The lowest BCUT2D eigenvalue weighted by molar-refractivity contribution is 1.47. The predicted molar refractivity (Wildman–Crippen MR) is 68.8 cm³/mol. The maximum absolute atomic E-state index is 2.25. The van der Waals surface area contributed by atoms with Gasteiger partial charge in [-0.1, -0.05) is 36.4 Å². The van der Waals surface area contributed by atoms with Crippen molar-refractivity contribution in [3.05, 3.63) is 46.8 Å². The highest BCUT2D eigenvalue weighted by atomic mass is 32.1. The first kappa shape index (κ1) is 8.93. The standard InChI is InChI=1S/C14H12S/c1-9-10(2)15-14-12(9)8-7-11-5-3-4-6-13(11)14/h3-8H,1-2H3. The maximum Gasteiger partial charge on any atom is 0.0426 e. The van der Waals surface area contributed by atoms with Crippen molar-refractivity contribution in [1.29, 1.82) is 0 Å². The summed E-state index contributed by atoms with van der Waals surface area (Å²) in [5.74, 6) is 0. The molecule has 0 nitrogen and oxygen atoms in total. The molecular formula is C14H12S. The van der Waals surface area contributed by atoms with E-state index in [1.165, 1.54) is 31.3 Å². The number of aryl methyl sites for hydroxylation is 2. The maximum atomic E-state index is 2.25. The van der Waals surface area contributed by atoms with Crippen LogP contribution in [-0.2, 0) is 0 Å². The third-order valence-corrected chi connectivity index (χ3v) is 4.32. The molecule has 0 aliphatic rings. The number of hydrogen-bond donors (Lipinski definition) is 0. The fourth-order valence-electron chi connectivity index (χ4n) is 2.07. The van der Waals surface area contributed by atoms with Crippen LogP contribution in [-0.4, -0.2) is 0 Å². The molecule has 2 aromatic carbocycles. The minimum atomic E-state index is 1.34. The van der Waals surface area contributed by atoms with Gasteiger partial charge in [0.2, 0.25) is 0 Å². The minimum absolute atomic E-state index is 1.34. The number of hydrogen-bond acceptors (Lipinski definition) is 1. The van der Waals surface area contributed by atoms with Crippen molar-refractivity contribution in [1.82, 2.24) is 0 Å². The first-order chi connectivity index (χ1) is 7.27. The van der Waals surface area contributed by atoms with E-state index in [-0.39, 0.29) is 0 Å². The summed E-state index contributed by atoms with van der Waals surface area (Å²) in [4.78, 5) is 1.43. The zero-order valence-corrected chi connectivity index (χ0v) is 9.69. The first-order valence-electron chi connectivity index (χ1n) is 5.15. The number of benzene rings is 2. The summed E-state index contributed by atoms with van der Waals surface area (Å²) >= 11 is 1.91. The van der Waals surface area contributed by atoms with Gasteiger partial charge in [0.25, 0.3) is 0 Å². The molecule has 0 radical (unpaired) electrons. The van der Waals surface area contributed by atoms with Gasteiger partial charge in [-0.15, -0.1) is 11.3 Å². The van der Waals surface area contributed by atoms with E-state index in [0.29, 0.717) is 0 Å². The van der Waals surface area contributed by atoms with E-state index in [0.717, 1.165) is 0 Å². The van der Waals surface area contributed by atoms with Gasteiger partial charge in [0.05, 0.1) is 0 Å². The van der Waals surface area contributed by atoms with Crippen LogP contribution < -0.4 is 0 Å². The minimum Gasteiger partial charge on any atom is -0.140 e. The summed E-state index contributed by atoms with van der Waals surface area (Å²) in [5.41, 5.74) is 1.43. The molecule has 1 heterocycles. The molecule has 0 atom stereocenters. The topological polar surface area (TPSA) is 0 Å². The van der Waals surface area contributed by atoms with E-state index in [4.69, 9.17) is 0 Å². The lowest BCUT2D eigenvalue weighted by Crippen LogP contribution is -1.73. The molecule has 15 heavy (non-hydrogen) atoms. The Kier molecular flexibility index (Phi) is 1.83. The summed E-state index contributed by atoms with van der Waals surface area (Å²) in [6.07, 6.45) is 0.